The Morgan fingerprint density at radius 2 is 2.22 bits per heavy atom. The number of hydrogen-bond donors (Lipinski definition) is 0. The minimum atomic E-state index is 0.263. The largest absolute Gasteiger partial charge is 0.376 e. The van der Waals surface area contributed by atoms with E-state index in [9.17, 15) is 0 Å². The van der Waals surface area contributed by atoms with Gasteiger partial charge in [-0.3, -0.25) is 9.58 Å². The van der Waals surface area contributed by atoms with Crippen LogP contribution in [0, 0.1) is 5.92 Å². The zero-order chi connectivity index (χ0) is 12.4. The summed E-state index contributed by atoms with van der Waals surface area (Å²) in [5.74, 6) is 0.710. The van der Waals surface area contributed by atoms with Crippen LogP contribution in [-0.2, 0) is 16.0 Å². The molecule has 0 amide bonds. The lowest BCUT2D eigenvalue weighted by molar-refractivity contribution is -0.107. The number of halogens is 1. The van der Waals surface area contributed by atoms with Crippen molar-refractivity contribution in [2.45, 2.75) is 12.6 Å². The lowest BCUT2D eigenvalue weighted by atomic mass is 10.00. The van der Waals surface area contributed by atoms with Crippen LogP contribution in [0.3, 0.4) is 0 Å². The van der Waals surface area contributed by atoms with Crippen molar-refractivity contribution in [2.75, 3.05) is 39.5 Å². The van der Waals surface area contributed by atoms with Gasteiger partial charge in [0, 0.05) is 38.3 Å². The summed E-state index contributed by atoms with van der Waals surface area (Å²) in [5, 5.41) is 4.28. The Kier molecular flexibility index (Phi) is 3.98. The van der Waals surface area contributed by atoms with Crippen LogP contribution in [-0.4, -0.2) is 60.2 Å². The first-order valence-corrected chi connectivity index (χ1v) is 7.18. The Morgan fingerprint density at radius 3 is 2.89 bits per heavy atom. The van der Waals surface area contributed by atoms with Crippen molar-refractivity contribution in [1.29, 1.82) is 0 Å². The molecular weight excluding hydrogens is 298 g/mol. The van der Waals surface area contributed by atoms with Crippen molar-refractivity contribution in [3.8, 4) is 0 Å². The van der Waals surface area contributed by atoms with E-state index in [4.69, 9.17) is 9.47 Å². The monoisotopic (exact) mass is 315 g/mol. The van der Waals surface area contributed by atoms with Gasteiger partial charge in [-0.2, -0.15) is 5.10 Å². The highest BCUT2D eigenvalue weighted by Crippen LogP contribution is 2.19. The van der Waals surface area contributed by atoms with Crippen molar-refractivity contribution in [3.05, 3.63) is 16.9 Å². The molecule has 0 saturated carbocycles. The van der Waals surface area contributed by atoms with E-state index in [2.05, 4.69) is 25.9 Å². The Bertz CT molecular complexity index is 386. The second-order valence-electron chi connectivity index (χ2n) is 5.03. The summed E-state index contributed by atoms with van der Waals surface area (Å²) in [7, 11) is 0. The molecule has 0 bridgehead atoms. The van der Waals surface area contributed by atoms with E-state index in [-0.39, 0.29) is 6.10 Å². The number of likely N-dealkylation sites (tertiary alicyclic amines) is 1. The number of ether oxygens (including phenoxy) is 2. The molecular formula is C12H18BrN3O2. The molecule has 2 saturated heterocycles. The summed E-state index contributed by atoms with van der Waals surface area (Å²) in [6, 6.07) is 0. The predicted molar refractivity (Wildman–Crippen MR) is 70.4 cm³/mol. The van der Waals surface area contributed by atoms with Gasteiger partial charge in [0.2, 0.25) is 0 Å². The molecule has 1 atom stereocenters. The fourth-order valence-electron chi connectivity index (χ4n) is 2.57. The maximum Gasteiger partial charge on any atom is 0.0936 e. The molecule has 18 heavy (non-hydrogen) atoms. The van der Waals surface area contributed by atoms with Gasteiger partial charge in [0.15, 0.2) is 0 Å². The Labute approximate surface area is 115 Å². The molecule has 2 fully saturated rings. The molecule has 1 unspecified atom stereocenters. The van der Waals surface area contributed by atoms with Crippen LogP contribution in [0.2, 0.25) is 0 Å². The van der Waals surface area contributed by atoms with Gasteiger partial charge >= 0.3 is 0 Å². The Morgan fingerprint density at radius 1 is 1.33 bits per heavy atom. The van der Waals surface area contributed by atoms with Crippen molar-refractivity contribution in [3.63, 3.8) is 0 Å². The molecule has 1 aromatic rings. The second kappa shape index (κ2) is 5.69. The van der Waals surface area contributed by atoms with Gasteiger partial charge in [0.05, 0.1) is 36.6 Å². The Balaban J connectivity index is 1.37. The SMILES string of the molecule is Brc1cnn(CC2CN(CC3COCCO3)C2)c1. The molecule has 5 nitrogen and oxygen atoms in total. The third-order valence-corrected chi connectivity index (χ3v) is 3.84. The first-order valence-electron chi connectivity index (χ1n) is 6.39. The van der Waals surface area contributed by atoms with Crippen molar-refractivity contribution in [1.82, 2.24) is 14.7 Å². The van der Waals surface area contributed by atoms with Crippen LogP contribution in [0.1, 0.15) is 0 Å². The highest BCUT2D eigenvalue weighted by molar-refractivity contribution is 9.10. The van der Waals surface area contributed by atoms with Crippen LogP contribution >= 0.6 is 15.9 Å². The summed E-state index contributed by atoms with van der Waals surface area (Å²) >= 11 is 3.42. The van der Waals surface area contributed by atoms with Crippen molar-refractivity contribution < 1.29 is 9.47 Å². The summed E-state index contributed by atoms with van der Waals surface area (Å²) in [4.78, 5) is 2.43. The molecule has 0 aliphatic carbocycles. The number of aromatic nitrogens is 2. The van der Waals surface area contributed by atoms with Crippen LogP contribution in [0.15, 0.2) is 16.9 Å². The normalized spacial score (nSPS) is 26.2. The third kappa shape index (κ3) is 3.12. The molecule has 100 valence electrons. The van der Waals surface area contributed by atoms with Gasteiger partial charge in [-0.25, -0.2) is 0 Å². The predicted octanol–water partition coefficient (Wildman–Crippen LogP) is 0.993. The third-order valence-electron chi connectivity index (χ3n) is 3.43. The molecule has 2 aliphatic rings. The molecule has 3 rings (SSSR count). The van der Waals surface area contributed by atoms with Gasteiger partial charge in [-0.15, -0.1) is 0 Å². The molecule has 0 radical (unpaired) electrons. The molecule has 1 aromatic heterocycles. The average Bonchev–Trinajstić information content (AvgIpc) is 2.73. The minimum Gasteiger partial charge on any atom is -0.376 e. The number of hydrogen-bond acceptors (Lipinski definition) is 4. The van der Waals surface area contributed by atoms with Gasteiger partial charge in [-0.05, 0) is 15.9 Å². The fraction of sp³-hybridized carbons (Fsp3) is 0.750. The van der Waals surface area contributed by atoms with Crippen molar-refractivity contribution >= 4 is 15.9 Å². The van der Waals surface area contributed by atoms with E-state index in [1.165, 1.54) is 0 Å². The quantitative estimate of drug-likeness (QED) is 0.831. The molecule has 2 aliphatic heterocycles. The summed E-state index contributed by atoms with van der Waals surface area (Å²) < 4.78 is 14.1. The van der Waals surface area contributed by atoms with Crippen LogP contribution in [0.5, 0.6) is 0 Å². The molecule has 6 heteroatoms. The van der Waals surface area contributed by atoms with E-state index >= 15 is 0 Å². The fourth-order valence-corrected chi connectivity index (χ4v) is 2.90. The van der Waals surface area contributed by atoms with Gasteiger partial charge in [0.1, 0.15) is 0 Å². The highest BCUT2D eigenvalue weighted by Gasteiger charge is 2.29. The number of nitrogens with zero attached hydrogens (tertiary/aromatic N) is 3. The lowest BCUT2D eigenvalue weighted by Crippen LogP contribution is -2.52. The average molecular weight is 316 g/mol. The van der Waals surface area contributed by atoms with E-state index in [0.717, 1.165) is 50.5 Å². The zero-order valence-electron chi connectivity index (χ0n) is 10.3. The van der Waals surface area contributed by atoms with Gasteiger partial charge in [0.25, 0.3) is 0 Å². The van der Waals surface area contributed by atoms with Crippen LogP contribution < -0.4 is 0 Å². The van der Waals surface area contributed by atoms with Crippen LogP contribution in [0.4, 0.5) is 0 Å². The maximum atomic E-state index is 5.65. The Hall–Kier alpha value is -0.430. The molecule has 3 heterocycles. The highest BCUT2D eigenvalue weighted by atomic mass is 79.9. The van der Waals surface area contributed by atoms with Crippen molar-refractivity contribution in [2.24, 2.45) is 5.92 Å². The topological polar surface area (TPSA) is 39.5 Å². The zero-order valence-corrected chi connectivity index (χ0v) is 11.9. The summed E-state index contributed by atoms with van der Waals surface area (Å²) in [6.07, 6.45) is 4.13. The second-order valence-corrected chi connectivity index (χ2v) is 5.95. The molecule has 0 aromatic carbocycles. The van der Waals surface area contributed by atoms with Crippen LogP contribution in [0.25, 0.3) is 0 Å². The first-order chi connectivity index (χ1) is 8.79. The summed E-state index contributed by atoms with van der Waals surface area (Å²) in [6.45, 7) is 6.50. The summed E-state index contributed by atoms with van der Waals surface area (Å²) in [5.41, 5.74) is 0. The van der Waals surface area contributed by atoms with E-state index in [0.29, 0.717) is 5.92 Å². The van der Waals surface area contributed by atoms with Gasteiger partial charge < -0.3 is 9.47 Å². The van der Waals surface area contributed by atoms with Gasteiger partial charge in [-0.1, -0.05) is 0 Å². The van der Waals surface area contributed by atoms with E-state index in [1.807, 2.05) is 17.1 Å². The van der Waals surface area contributed by atoms with E-state index < -0.39 is 0 Å². The maximum absolute atomic E-state index is 5.65. The van der Waals surface area contributed by atoms with E-state index in [1.54, 1.807) is 0 Å². The standard InChI is InChI=1S/C12H18BrN3O2/c13-11-3-14-16(7-11)6-10-4-15(5-10)8-12-9-17-1-2-18-12/h3,7,10,12H,1-2,4-6,8-9H2. The number of rotatable bonds is 4. The molecule has 0 spiro atoms. The smallest absolute Gasteiger partial charge is 0.0936 e. The first kappa shape index (κ1) is 12.6. The lowest BCUT2D eigenvalue weighted by Gasteiger charge is -2.41. The minimum absolute atomic E-state index is 0.263. The molecule has 0 N–H and O–H groups in total.